The molecule has 0 unspecified atom stereocenters. The van der Waals surface area contributed by atoms with Crippen molar-refractivity contribution in [1.29, 1.82) is 0 Å². The first-order chi connectivity index (χ1) is 13.7. The van der Waals surface area contributed by atoms with Crippen molar-refractivity contribution in [3.8, 4) is 0 Å². The van der Waals surface area contributed by atoms with Gasteiger partial charge in [-0.1, -0.05) is 12.1 Å². The molecule has 0 saturated carbocycles. The Morgan fingerprint density at radius 1 is 0.667 bits per heavy atom. The Morgan fingerprint density at radius 3 is 1.83 bits per heavy atom. The molecule has 3 aromatic carbocycles. The third-order valence-corrected chi connectivity index (χ3v) is 4.50. The number of hydrogen-bond donors (Lipinski definition) is 0. The van der Waals surface area contributed by atoms with E-state index in [1.54, 1.807) is 0 Å². The average molecular weight is 751 g/mol. The summed E-state index contributed by atoms with van der Waals surface area (Å²) in [5.74, 6) is 0. The Balaban J connectivity index is 0.000000207. The summed E-state index contributed by atoms with van der Waals surface area (Å²) in [5.41, 5.74) is 4.56. The zero-order valence-corrected chi connectivity index (χ0v) is 21.5. The quantitative estimate of drug-likeness (QED) is 0.342. The van der Waals surface area contributed by atoms with Gasteiger partial charge in [-0.3, -0.25) is 0 Å². The largest absolute Gasteiger partial charge is 0.510 e. The second-order valence-corrected chi connectivity index (χ2v) is 6.57. The smallest absolute Gasteiger partial charge is 0.0326 e. The van der Waals surface area contributed by atoms with Crippen LogP contribution in [0.5, 0.6) is 0 Å². The van der Waals surface area contributed by atoms with E-state index >= 15 is 0 Å². The Morgan fingerprint density at radius 2 is 1.27 bits per heavy atom. The minimum Gasteiger partial charge on any atom is -0.510 e. The fraction of sp³-hybridized carbons (Fsp3) is 0.0833. The molecule has 0 bridgehead atoms. The Hall–Kier alpha value is -2.10. The van der Waals surface area contributed by atoms with E-state index in [2.05, 4.69) is 66.0 Å². The van der Waals surface area contributed by atoms with Gasteiger partial charge in [-0.15, -0.1) is 11.4 Å². The van der Waals surface area contributed by atoms with Gasteiger partial charge < -0.3 is 19.6 Å². The summed E-state index contributed by atoms with van der Waals surface area (Å²) in [4.78, 5) is 8.30. The van der Waals surface area contributed by atoms with Crippen LogP contribution in [0.1, 0.15) is 0 Å². The molecule has 0 aromatic heterocycles. The summed E-state index contributed by atoms with van der Waals surface area (Å²) in [6, 6.07) is 30.7. The van der Waals surface area contributed by atoms with E-state index in [4.69, 9.17) is 0 Å². The normalized spacial score (nSPS) is 13.8. The maximum absolute atomic E-state index is 3.24. The monoisotopic (exact) mass is 752 g/mol. The van der Waals surface area contributed by atoms with Crippen molar-refractivity contribution in [3.63, 3.8) is 0 Å². The van der Waals surface area contributed by atoms with E-state index in [1.807, 2.05) is 78.4 Å². The third kappa shape index (κ3) is 5.53. The number of anilines is 4. The van der Waals surface area contributed by atoms with Crippen molar-refractivity contribution in [1.82, 2.24) is 4.90 Å². The average Bonchev–Trinajstić information content (AvgIpc) is 3.34. The van der Waals surface area contributed by atoms with Crippen molar-refractivity contribution < 1.29 is 40.2 Å². The Labute approximate surface area is 206 Å². The zero-order valence-electron chi connectivity index (χ0n) is 16.7. The fourth-order valence-electron chi connectivity index (χ4n) is 3.13. The van der Waals surface area contributed by atoms with Crippen LogP contribution in [0.2, 0.25) is 0 Å². The molecule has 0 aliphatic carbocycles. The molecular weight excluding hydrogens is 729 g/mol. The summed E-state index contributed by atoms with van der Waals surface area (Å²) >= 11 is 0. The molecule has 0 atom stereocenters. The first-order valence-electron chi connectivity index (χ1n) is 9.15. The third-order valence-electron chi connectivity index (χ3n) is 4.50. The van der Waals surface area contributed by atoms with E-state index < -0.39 is 0 Å². The molecule has 0 amide bonds. The predicted molar refractivity (Wildman–Crippen MR) is 116 cm³/mol. The molecule has 3 aromatic rings. The van der Waals surface area contributed by atoms with E-state index in [-0.39, 0.29) is 40.2 Å². The number of benzene rings is 3. The van der Waals surface area contributed by atoms with Gasteiger partial charge in [0.2, 0.25) is 0 Å². The molecule has 5 rings (SSSR count). The first-order valence-corrected chi connectivity index (χ1v) is 9.15. The fourth-order valence-corrected chi connectivity index (χ4v) is 3.13. The van der Waals surface area contributed by atoms with E-state index in [9.17, 15) is 0 Å². The van der Waals surface area contributed by atoms with Gasteiger partial charge in [0.15, 0.2) is 0 Å². The van der Waals surface area contributed by atoms with Crippen molar-refractivity contribution in [2.75, 3.05) is 28.8 Å². The van der Waals surface area contributed by atoms with Crippen LogP contribution in [-0.4, -0.2) is 19.0 Å². The topological polar surface area (TPSA) is 13.0 Å². The molecule has 0 saturated heterocycles. The minimum absolute atomic E-state index is 0. The molecule has 2 aliphatic rings. The van der Waals surface area contributed by atoms with E-state index in [1.165, 1.54) is 11.4 Å². The van der Waals surface area contributed by atoms with Crippen LogP contribution < -0.4 is 14.7 Å². The molecule has 2 heterocycles. The van der Waals surface area contributed by atoms with E-state index in [0.29, 0.717) is 0 Å². The van der Waals surface area contributed by atoms with Gasteiger partial charge in [0.1, 0.15) is 0 Å². The van der Waals surface area contributed by atoms with Crippen LogP contribution >= 0.6 is 0 Å². The van der Waals surface area contributed by atoms with Gasteiger partial charge in [0, 0.05) is 51.6 Å². The second kappa shape index (κ2) is 11.3. The van der Waals surface area contributed by atoms with Gasteiger partial charge in [-0.25, -0.2) is 0 Å². The van der Waals surface area contributed by atoms with Crippen molar-refractivity contribution in [2.24, 2.45) is 0 Å². The van der Waals surface area contributed by atoms with Crippen LogP contribution in [0, 0.1) is 25.5 Å². The summed E-state index contributed by atoms with van der Waals surface area (Å²) in [6.45, 7) is 4.09. The van der Waals surface area contributed by atoms with Crippen LogP contribution in [0.25, 0.3) is 0 Å². The summed E-state index contributed by atoms with van der Waals surface area (Å²) in [5, 5.41) is 0. The Kier molecular flexibility index (Phi) is 9.13. The molecule has 4 nitrogen and oxygen atoms in total. The molecule has 30 heavy (non-hydrogen) atoms. The standard InChI is InChI=1S/C14H12N2.C10H10N2.2Ir/c1-15-11-16(12-7-3-2-4-8-12)14-10-6-5-9-13(14)15;1-11-7-8-12(9-11)10-5-3-2-4-6-10;;/h2-7,9-11H,1H3;2-5,7-9H,1H3;;/q2*-2;;. The van der Waals surface area contributed by atoms with Crippen LogP contribution in [-0.2, 0) is 40.2 Å². The predicted octanol–water partition coefficient (Wildman–Crippen LogP) is 5.02. The number of rotatable bonds is 2. The number of hydrogen-bond acceptors (Lipinski definition) is 4. The molecule has 6 heteroatoms. The van der Waals surface area contributed by atoms with Crippen LogP contribution in [0.4, 0.5) is 22.7 Å². The second-order valence-electron chi connectivity index (χ2n) is 6.57. The summed E-state index contributed by atoms with van der Waals surface area (Å²) < 4.78 is 0. The molecule has 2 aliphatic heterocycles. The van der Waals surface area contributed by atoms with Gasteiger partial charge in [-0.2, -0.15) is 74.0 Å². The van der Waals surface area contributed by atoms with Crippen molar-refractivity contribution in [3.05, 3.63) is 111 Å². The van der Waals surface area contributed by atoms with Crippen LogP contribution in [0.15, 0.2) is 85.2 Å². The molecule has 160 valence electrons. The van der Waals surface area contributed by atoms with Crippen molar-refractivity contribution >= 4 is 22.7 Å². The molecular formula is C24H22Ir2N4-4. The number of nitrogens with zero attached hydrogens (tertiary/aromatic N) is 4. The van der Waals surface area contributed by atoms with Gasteiger partial charge >= 0.3 is 0 Å². The maximum Gasteiger partial charge on any atom is 0.0326 e. The summed E-state index contributed by atoms with van der Waals surface area (Å²) in [6.07, 6.45) is 4.01. The SMILES string of the molecule is CN1C=CN(c2[c-]cccc2)[CH-]1.CN1[CH-]N(c2[c-]cccc2)c2ccccc21.[Ir].[Ir]. The molecule has 2 radical (unpaired) electrons. The van der Waals surface area contributed by atoms with E-state index in [0.717, 1.165) is 11.4 Å². The van der Waals surface area contributed by atoms with Gasteiger partial charge in [0.25, 0.3) is 0 Å². The van der Waals surface area contributed by atoms with Crippen molar-refractivity contribution in [2.45, 2.75) is 0 Å². The molecule has 0 spiro atoms. The summed E-state index contributed by atoms with van der Waals surface area (Å²) in [7, 11) is 4.06. The Bertz CT molecular complexity index is 934. The molecule has 0 fully saturated rings. The molecule has 0 N–H and O–H groups in total. The maximum atomic E-state index is 3.24. The number of para-hydroxylation sites is 4. The van der Waals surface area contributed by atoms with Crippen LogP contribution in [0.3, 0.4) is 0 Å². The van der Waals surface area contributed by atoms with Gasteiger partial charge in [0.05, 0.1) is 0 Å². The van der Waals surface area contributed by atoms with Gasteiger partial charge in [-0.05, 0) is 38.6 Å². The minimum atomic E-state index is 0. The zero-order chi connectivity index (χ0) is 19.3. The first kappa shape index (κ1) is 24.2. The number of fused-ring (bicyclic) bond motifs is 1.